The molecule has 0 aromatic heterocycles. The molecule has 1 aromatic carbocycles. The average Bonchev–Trinajstić information content (AvgIpc) is 1.88. The molecular weight excluding hydrogens is 170 g/mol. The van der Waals surface area contributed by atoms with E-state index in [9.17, 15) is 9.13 Å². The van der Waals surface area contributed by atoms with Crippen molar-refractivity contribution >= 4 is 24.6 Å². The number of rotatable bonds is 1. The Kier molecular flexibility index (Phi) is 2.25. The van der Waals surface area contributed by atoms with E-state index >= 15 is 0 Å². The van der Waals surface area contributed by atoms with Gasteiger partial charge in [-0.15, -0.1) is 0 Å². The van der Waals surface area contributed by atoms with Gasteiger partial charge in [0.25, 0.3) is 0 Å². The SMILES string of the molecule is O=P(=O)c1ccc(Cl)cc1. The molecule has 0 unspecified atom stereocenters. The second-order valence-electron chi connectivity index (χ2n) is 1.73. The summed E-state index contributed by atoms with van der Waals surface area (Å²) in [6, 6.07) is 6.02. The van der Waals surface area contributed by atoms with Crippen molar-refractivity contribution in [3.05, 3.63) is 29.3 Å². The molecule has 0 heterocycles. The number of benzene rings is 1. The maximum atomic E-state index is 10.3. The Bertz CT molecular complexity index is 281. The van der Waals surface area contributed by atoms with Crippen molar-refractivity contribution in [2.75, 3.05) is 0 Å². The molecule has 0 aliphatic heterocycles. The molecule has 0 atom stereocenters. The average molecular weight is 175 g/mol. The van der Waals surface area contributed by atoms with Gasteiger partial charge < -0.3 is 0 Å². The Morgan fingerprint density at radius 3 is 2.00 bits per heavy atom. The van der Waals surface area contributed by atoms with Gasteiger partial charge in [0.05, 0.1) is 5.30 Å². The summed E-state index contributed by atoms with van der Waals surface area (Å²) in [6.07, 6.45) is 0. The van der Waals surface area contributed by atoms with Gasteiger partial charge in [-0.3, -0.25) is 0 Å². The molecule has 0 amide bonds. The Labute approximate surface area is 63.6 Å². The van der Waals surface area contributed by atoms with E-state index in [0.717, 1.165) is 0 Å². The zero-order valence-electron chi connectivity index (χ0n) is 4.95. The zero-order chi connectivity index (χ0) is 7.56. The summed E-state index contributed by atoms with van der Waals surface area (Å²) >= 11 is 5.52. The van der Waals surface area contributed by atoms with Crippen LogP contribution >= 0.6 is 19.3 Å². The largest absolute Gasteiger partial charge is 0.348 e. The maximum absolute atomic E-state index is 10.3. The first-order valence-corrected chi connectivity index (χ1v) is 4.15. The highest BCUT2D eigenvalue weighted by Gasteiger charge is 1.95. The molecule has 2 nitrogen and oxygen atoms in total. The Hall–Kier alpha value is -0.590. The van der Waals surface area contributed by atoms with Gasteiger partial charge in [0, 0.05) is 5.02 Å². The fraction of sp³-hybridized carbons (Fsp3) is 0. The first-order chi connectivity index (χ1) is 4.70. The van der Waals surface area contributed by atoms with Crippen LogP contribution in [-0.4, -0.2) is 0 Å². The summed E-state index contributed by atoms with van der Waals surface area (Å²) in [6.45, 7) is 0. The summed E-state index contributed by atoms with van der Waals surface area (Å²) < 4.78 is 20.6. The molecule has 0 aliphatic carbocycles. The van der Waals surface area contributed by atoms with E-state index in [1.165, 1.54) is 12.1 Å². The molecule has 52 valence electrons. The Morgan fingerprint density at radius 2 is 1.60 bits per heavy atom. The number of hydrogen-bond acceptors (Lipinski definition) is 2. The number of hydrogen-bond donors (Lipinski definition) is 0. The lowest BCUT2D eigenvalue weighted by atomic mass is 10.4. The van der Waals surface area contributed by atoms with E-state index in [-0.39, 0.29) is 0 Å². The van der Waals surface area contributed by atoms with E-state index in [2.05, 4.69) is 0 Å². The third-order valence-corrected chi connectivity index (χ3v) is 2.01. The molecule has 0 saturated carbocycles. The minimum absolute atomic E-state index is 0.291. The van der Waals surface area contributed by atoms with Crippen molar-refractivity contribution < 1.29 is 9.13 Å². The van der Waals surface area contributed by atoms with Crippen LogP contribution < -0.4 is 5.30 Å². The molecule has 4 heteroatoms. The molecule has 10 heavy (non-hydrogen) atoms. The summed E-state index contributed by atoms with van der Waals surface area (Å²) in [7, 11) is -2.47. The van der Waals surface area contributed by atoms with E-state index in [1.807, 2.05) is 0 Å². The highest BCUT2D eigenvalue weighted by molar-refractivity contribution is 7.40. The lowest BCUT2D eigenvalue weighted by Gasteiger charge is -1.86. The van der Waals surface area contributed by atoms with E-state index in [4.69, 9.17) is 11.6 Å². The molecule has 1 aromatic rings. The van der Waals surface area contributed by atoms with Crippen LogP contribution in [0.1, 0.15) is 0 Å². The van der Waals surface area contributed by atoms with Crippen molar-refractivity contribution in [3.63, 3.8) is 0 Å². The predicted octanol–water partition coefficient (Wildman–Crippen LogP) is 2.14. The van der Waals surface area contributed by atoms with Gasteiger partial charge in [-0.25, -0.2) is 9.13 Å². The van der Waals surface area contributed by atoms with Crippen LogP contribution in [0.3, 0.4) is 0 Å². The van der Waals surface area contributed by atoms with Gasteiger partial charge >= 0.3 is 7.68 Å². The lowest BCUT2D eigenvalue weighted by molar-refractivity contribution is 0.523. The quantitative estimate of drug-likeness (QED) is 0.612. The normalized spacial score (nSPS) is 9.30. The van der Waals surface area contributed by atoms with Crippen LogP contribution in [-0.2, 0) is 9.13 Å². The fourth-order valence-corrected chi connectivity index (χ4v) is 1.08. The molecule has 0 N–H and O–H groups in total. The maximum Gasteiger partial charge on any atom is 0.348 e. The van der Waals surface area contributed by atoms with Crippen LogP contribution in [0.5, 0.6) is 0 Å². The van der Waals surface area contributed by atoms with Crippen LogP contribution in [0.25, 0.3) is 0 Å². The van der Waals surface area contributed by atoms with Crippen molar-refractivity contribution in [3.8, 4) is 0 Å². The minimum atomic E-state index is -2.47. The van der Waals surface area contributed by atoms with Crippen LogP contribution in [0.2, 0.25) is 5.02 Å². The van der Waals surface area contributed by atoms with Gasteiger partial charge in [-0.05, 0) is 24.3 Å². The molecule has 1 rings (SSSR count). The van der Waals surface area contributed by atoms with Gasteiger partial charge in [0.15, 0.2) is 0 Å². The second kappa shape index (κ2) is 3.00. The summed E-state index contributed by atoms with van der Waals surface area (Å²) in [5, 5.41) is 0.833. The van der Waals surface area contributed by atoms with E-state index in [0.29, 0.717) is 10.3 Å². The summed E-state index contributed by atoms with van der Waals surface area (Å²) in [4.78, 5) is 0. The second-order valence-corrected chi connectivity index (χ2v) is 3.20. The molecular formula is C6H4ClO2P. The smallest absolute Gasteiger partial charge is 0.232 e. The molecule has 0 saturated heterocycles. The predicted molar refractivity (Wildman–Crippen MR) is 39.4 cm³/mol. The number of halogens is 1. The van der Waals surface area contributed by atoms with Crippen LogP contribution in [0.15, 0.2) is 24.3 Å². The minimum Gasteiger partial charge on any atom is -0.232 e. The monoisotopic (exact) mass is 174 g/mol. The van der Waals surface area contributed by atoms with E-state index in [1.54, 1.807) is 12.1 Å². The fourth-order valence-electron chi connectivity index (χ4n) is 0.563. The van der Waals surface area contributed by atoms with Crippen LogP contribution in [0, 0.1) is 0 Å². The zero-order valence-corrected chi connectivity index (χ0v) is 6.60. The third kappa shape index (κ3) is 1.69. The highest BCUT2D eigenvalue weighted by atomic mass is 35.5. The standard InChI is InChI=1S/C6H4ClO2P/c7-5-1-3-6(4-2-5)10(8)9/h1-4H. The van der Waals surface area contributed by atoms with Crippen molar-refractivity contribution in [2.24, 2.45) is 0 Å². The van der Waals surface area contributed by atoms with Gasteiger partial charge in [0.2, 0.25) is 0 Å². The molecule has 0 fully saturated rings. The molecule has 0 spiro atoms. The van der Waals surface area contributed by atoms with Gasteiger partial charge in [0.1, 0.15) is 0 Å². The van der Waals surface area contributed by atoms with E-state index < -0.39 is 7.68 Å². The van der Waals surface area contributed by atoms with Gasteiger partial charge in [-0.2, -0.15) is 0 Å². The molecule has 0 bridgehead atoms. The third-order valence-electron chi connectivity index (χ3n) is 1.04. The Morgan fingerprint density at radius 1 is 1.10 bits per heavy atom. The van der Waals surface area contributed by atoms with Crippen molar-refractivity contribution in [2.45, 2.75) is 0 Å². The first-order valence-electron chi connectivity index (χ1n) is 2.60. The van der Waals surface area contributed by atoms with Gasteiger partial charge in [-0.1, -0.05) is 11.6 Å². The van der Waals surface area contributed by atoms with Crippen LogP contribution in [0.4, 0.5) is 0 Å². The Balaban J connectivity index is 3.12. The first kappa shape index (κ1) is 7.52. The molecule has 0 radical (unpaired) electrons. The molecule has 0 aliphatic rings. The highest BCUT2D eigenvalue weighted by Crippen LogP contribution is 2.09. The topological polar surface area (TPSA) is 34.1 Å². The van der Waals surface area contributed by atoms with Crippen molar-refractivity contribution in [1.82, 2.24) is 0 Å². The summed E-state index contributed by atoms with van der Waals surface area (Å²) in [5.41, 5.74) is 0. The van der Waals surface area contributed by atoms with Crippen molar-refractivity contribution in [1.29, 1.82) is 0 Å². The summed E-state index contributed by atoms with van der Waals surface area (Å²) in [5.74, 6) is 0. The lowest BCUT2D eigenvalue weighted by Crippen LogP contribution is -1.88.